The largest absolute Gasteiger partial charge is 0.328 e. The van der Waals surface area contributed by atoms with Crippen molar-refractivity contribution in [3.05, 3.63) is 58.5 Å². The third-order valence-corrected chi connectivity index (χ3v) is 6.47. The molecule has 0 atom stereocenters. The lowest BCUT2D eigenvalue weighted by molar-refractivity contribution is -0.116. The maximum atomic E-state index is 12.6. The van der Waals surface area contributed by atoms with E-state index in [0.29, 0.717) is 11.2 Å². The second-order valence-electron chi connectivity index (χ2n) is 6.73. The second kappa shape index (κ2) is 7.25. The standard InChI is InChI=1S/C19H22N4O4S/c1-13-5-8-15(9-6-13)28(26,27)21(2)12-18(24)20-14-7-10-16-17(11-14)23(4)19(25)22(16)3/h5-11H,12H2,1-4H3,(H,20,24). The number of sulfonamides is 1. The first kappa shape index (κ1) is 19.8. The average molecular weight is 402 g/mol. The molecule has 0 fully saturated rings. The zero-order valence-corrected chi connectivity index (χ0v) is 16.9. The Morgan fingerprint density at radius 3 is 2.29 bits per heavy atom. The Morgan fingerprint density at radius 2 is 1.64 bits per heavy atom. The third-order valence-electron chi connectivity index (χ3n) is 4.65. The van der Waals surface area contributed by atoms with Crippen LogP contribution in [0.5, 0.6) is 0 Å². The normalized spacial score (nSPS) is 11.9. The van der Waals surface area contributed by atoms with Gasteiger partial charge in [-0.25, -0.2) is 13.2 Å². The quantitative estimate of drug-likeness (QED) is 0.699. The molecule has 0 radical (unpaired) electrons. The number of nitrogens with one attached hydrogen (secondary N) is 1. The first-order valence-electron chi connectivity index (χ1n) is 8.59. The highest BCUT2D eigenvalue weighted by Crippen LogP contribution is 2.18. The molecule has 1 heterocycles. The maximum absolute atomic E-state index is 12.6. The number of fused-ring (bicyclic) bond motifs is 1. The number of carbonyl (C=O) groups is 1. The van der Waals surface area contributed by atoms with Crippen molar-refractivity contribution >= 4 is 32.7 Å². The molecule has 28 heavy (non-hydrogen) atoms. The van der Waals surface area contributed by atoms with E-state index in [4.69, 9.17) is 0 Å². The van der Waals surface area contributed by atoms with Crippen molar-refractivity contribution in [3.8, 4) is 0 Å². The zero-order chi connectivity index (χ0) is 20.6. The van der Waals surface area contributed by atoms with Gasteiger partial charge in [-0.2, -0.15) is 4.31 Å². The van der Waals surface area contributed by atoms with Gasteiger partial charge in [-0.1, -0.05) is 17.7 Å². The van der Waals surface area contributed by atoms with Crippen LogP contribution in [0.2, 0.25) is 0 Å². The van der Waals surface area contributed by atoms with Crippen LogP contribution >= 0.6 is 0 Å². The summed E-state index contributed by atoms with van der Waals surface area (Å²) in [4.78, 5) is 24.5. The van der Waals surface area contributed by atoms with Gasteiger partial charge in [0.05, 0.1) is 22.5 Å². The topological polar surface area (TPSA) is 93.4 Å². The molecule has 0 spiro atoms. The molecule has 0 bridgehead atoms. The fourth-order valence-corrected chi connectivity index (χ4v) is 4.09. The Kier molecular flexibility index (Phi) is 5.14. The molecule has 3 rings (SSSR count). The number of carbonyl (C=O) groups excluding carboxylic acids is 1. The number of nitrogens with zero attached hydrogens (tertiary/aromatic N) is 3. The number of aromatic nitrogens is 2. The number of aryl methyl sites for hydroxylation is 3. The van der Waals surface area contributed by atoms with Gasteiger partial charge in [0.25, 0.3) is 0 Å². The number of benzene rings is 2. The van der Waals surface area contributed by atoms with E-state index in [9.17, 15) is 18.0 Å². The highest BCUT2D eigenvalue weighted by molar-refractivity contribution is 7.89. The van der Waals surface area contributed by atoms with Gasteiger partial charge in [0, 0.05) is 26.8 Å². The monoisotopic (exact) mass is 402 g/mol. The van der Waals surface area contributed by atoms with Crippen molar-refractivity contribution < 1.29 is 13.2 Å². The number of likely N-dealkylation sites (N-methyl/N-ethyl adjacent to an activating group) is 1. The lowest BCUT2D eigenvalue weighted by Gasteiger charge is -2.17. The van der Waals surface area contributed by atoms with E-state index in [1.807, 2.05) is 6.92 Å². The molecule has 8 nitrogen and oxygen atoms in total. The van der Waals surface area contributed by atoms with Gasteiger partial charge in [-0.05, 0) is 37.3 Å². The van der Waals surface area contributed by atoms with Crippen molar-refractivity contribution in [2.45, 2.75) is 11.8 Å². The minimum atomic E-state index is -3.76. The molecule has 2 aromatic carbocycles. The highest BCUT2D eigenvalue weighted by atomic mass is 32.2. The van der Waals surface area contributed by atoms with Crippen LogP contribution in [0.1, 0.15) is 5.56 Å². The predicted molar refractivity (Wildman–Crippen MR) is 108 cm³/mol. The average Bonchev–Trinajstić information content (AvgIpc) is 2.86. The summed E-state index contributed by atoms with van der Waals surface area (Å²) >= 11 is 0. The van der Waals surface area contributed by atoms with Crippen LogP contribution in [0, 0.1) is 6.92 Å². The molecule has 0 saturated carbocycles. The number of anilines is 1. The number of hydrogen-bond donors (Lipinski definition) is 1. The molecular weight excluding hydrogens is 380 g/mol. The zero-order valence-electron chi connectivity index (χ0n) is 16.1. The first-order valence-corrected chi connectivity index (χ1v) is 10.0. The third kappa shape index (κ3) is 3.58. The molecule has 0 aliphatic heterocycles. The minimum Gasteiger partial charge on any atom is -0.325 e. The summed E-state index contributed by atoms with van der Waals surface area (Å²) in [5.74, 6) is -0.474. The van der Waals surface area contributed by atoms with Crippen LogP contribution in [-0.2, 0) is 28.9 Å². The number of imidazole rings is 1. The smallest absolute Gasteiger partial charge is 0.325 e. The molecule has 9 heteroatoms. The van der Waals surface area contributed by atoms with Crippen molar-refractivity contribution in [1.82, 2.24) is 13.4 Å². The summed E-state index contributed by atoms with van der Waals surface area (Å²) in [6.45, 7) is 1.54. The lowest BCUT2D eigenvalue weighted by atomic mass is 10.2. The van der Waals surface area contributed by atoms with Crippen LogP contribution in [-0.4, -0.2) is 41.4 Å². The van der Waals surface area contributed by atoms with Crippen molar-refractivity contribution in [3.63, 3.8) is 0 Å². The highest BCUT2D eigenvalue weighted by Gasteiger charge is 2.23. The molecule has 0 aliphatic rings. The summed E-state index contributed by atoms with van der Waals surface area (Å²) in [5.41, 5.74) is 2.68. The van der Waals surface area contributed by atoms with Crippen LogP contribution < -0.4 is 11.0 Å². The van der Waals surface area contributed by atoms with E-state index >= 15 is 0 Å². The van der Waals surface area contributed by atoms with Crippen LogP contribution in [0.4, 0.5) is 5.69 Å². The van der Waals surface area contributed by atoms with Crippen molar-refractivity contribution in [2.24, 2.45) is 14.1 Å². The van der Waals surface area contributed by atoms with Crippen molar-refractivity contribution in [1.29, 1.82) is 0 Å². The van der Waals surface area contributed by atoms with E-state index in [1.54, 1.807) is 44.4 Å². The maximum Gasteiger partial charge on any atom is 0.328 e. The molecule has 1 aromatic heterocycles. The number of amides is 1. The number of hydrogen-bond acceptors (Lipinski definition) is 4. The first-order chi connectivity index (χ1) is 13.1. The molecule has 0 aliphatic carbocycles. The van der Waals surface area contributed by atoms with Gasteiger partial charge in [0.15, 0.2) is 0 Å². The summed E-state index contributed by atoms with van der Waals surface area (Å²) < 4.78 is 29.2. The Bertz CT molecular complexity index is 1210. The SMILES string of the molecule is Cc1ccc(S(=O)(=O)N(C)CC(=O)Nc2ccc3c(c2)n(C)c(=O)n3C)cc1. The van der Waals surface area contributed by atoms with Gasteiger partial charge < -0.3 is 5.32 Å². The Morgan fingerprint density at radius 1 is 1.04 bits per heavy atom. The lowest BCUT2D eigenvalue weighted by Crippen LogP contribution is -2.34. The van der Waals surface area contributed by atoms with Crippen LogP contribution in [0.25, 0.3) is 11.0 Å². The molecule has 0 saturated heterocycles. The molecule has 0 unspecified atom stereocenters. The molecule has 148 valence electrons. The second-order valence-corrected chi connectivity index (χ2v) is 8.77. The predicted octanol–water partition coefficient (Wildman–Crippen LogP) is 1.44. The van der Waals surface area contributed by atoms with Gasteiger partial charge in [-0.15, -0.1) is 0 Å². The van der Waals surface area contributed by atoms with E-state index < -0.39 is 15.9 Å². The molecule has 1 amide bonds. The Hall–Kier alpha value is -2.91. The van der Waals surface area contributed by atoms with Crippen LogP contribution in [0.3, 0.4) is 0 Å². The van der Waals surface area contributed by atoms with E-state index in [2.05, 4.69) is 5.32 Å². The molecule has 1 N–H and O–H groups in total. The fraction of sp³-hybridized carbons (Fsp3) is 0.263. The van der Waals surface area contributed by atoms with Crippen molar-refractivity contribution in [2.75, 3.05) is 18.9 Å². The van der Waals surface area contributed by atoms with Gasteiger partial charge in [0.1, 0.15) is 0 Å². The minimum absolute atomic E-state index is 0.133. The Balaban J connectivity index is 1.76. The van der Waals surface area contributed by atoms with Gasteiger partial charge >= 0.3 is 5.69 Å². The molecular formula is C19H22N4O4S. The fourth-order valence-electron chi connectivity index (χ4n) is 2.96. The van der Waals surface area contributed by atoms with E-state index in [0.717, 1.165) is 15.4 Å². The van der Waals surface area contributed by atoms with E-state index in [-0.39, 0.29) is 17.1 Å². The Labute approximate surface area is 163 Å². The summed E-state index contributed by atoms with van der Waals surface area (Å²) in [6, 6.07) is 11.5. The summed E-state index contributed by atoms with van der Waals surface area (Å²) in [7, 11) is 0.922. The van der Waals surface area contributed by atoms with E-state index in [1.165, 1.54) is 28.3 Å². The summed E-state index contributed by atoms with van der Waals surface area (Å²) in [6.07, 6.45) is 0. The summed E-state index contributed by atoms with van der Waals surface area (Å²) in [5, 5.41) is 2.68. The van der Waals surface area contributed by atoms with Crippen LogP contribution in [0.15, 0.2) is 52.2 Å². The molecule has 3 aromatic rings. The number of rotatable bonds is 5. The van der Waals surface area contributed by atoms with Gasteiger partial charge in [-0.3, -0.25) is 13.9 Å². The van der Waals surface area contributed by atoms with Gasteiger partial charge in [0.2, 0.25) is 15.9 Å².